The fourth-order valence-electron chi connectivity index (χ4n) is 3.37. The highest BCUT2D eigenvalue weighted by molar-refractivity contribution is 6.31. The minimum atomic E-state index is -1.04. The minimum absolute atomic E-state index is 0.138. The van der Waals surface area contributed by atoms with Crippen molar-refractivity contribution in [1.29, 1.82) is 0 Å². The second-order valence-electron chi connectivity index (χ2n) is 7.65. The average molecular weight is 388 g/mol. The van der Waals surface area contributed by atoms with Crippen molar-refractivity contribution >= 4 is 23.7 Å². The number of amides is 1. The molecule has 0 saturated heterocycles. The summed E-state index contributed by atoms with van der Waals surface area (Å²) in [5.74, 6) is -1.04. The number of fused-ring (bicyclic) bond motifs is 1. The van der Waals surface area contributed by atoms with Crippen LogP contribution in [0.2, 0.25) is 5.02 Å². The van der Waals surface area contributed by atoms with E-state index in [0.717, 1.165) is 16.7 Å². The number of carboxylic acid groups (broad SMARTS) is 1. The molecule has 2 aromatic carbocycles. The Labute approximate surface area is 163 Å². The molecule has 0 saturated carbocycles. The van der Waals surface area contributed by atoms with Gasteiger partial charge in [-0.2, -0.15) is 0 Å². The van der Waals surface area contributed by atoms with Crippen LogP contribution in [0.25, 0.3) is 11.1 Å². The molecule has 0 spiro atoms. The van der Waals surface area contributed by atoms with E-state index in [2.05, 4.69) is 0 Å². The lowest BCUT2D eigenvalue weighted by atomic mass is 9.92. The highest BCUT2D eigenvalue weighted by Gasteiger charge is 2.35. The van der Waals surface area contributed by atoms with Gasteiger partial charge in [0.2, 0.25) is 0 Å². The molecular weight excluding hydrogens is 366 g/mol. The Morgan fingerprint density at radius 2 is 1.89 bits per heavy atom. The van der Waals surface area contributed by atoms with Crippen LogP contribution in [0.4, 0.5) is 4.79 Å². The van der Waals surface area contributed by atoms with Gasteiger partial charge in [-0.25, -0.2) is 9.59 Å². The first-order valence-corrected chi connectivity index (χ1v) is 9.11. The van der Waals surface area contributed by atoms with E-state index in [1.807, 2.05) is 45.9 Å². The Hall–Kier alpha value is -2.53. The zero-order valence-corrected chi connectivity index (χ0v) is 16.5. The summed E-state index contributed by atoms with van der Waals surface area (Å²) in [5.41, 5.74) is 2.85. The van der Waals surface area contributed by atoms with Gasteiger partial charge in [0.1, 0.15) is 5.60 Å². The zero-order valence-electron chi connectivity index (χ0n) is 15.7. The third-order valence-corrected chi connectivity index (χ3v) is 4.82. The number of nitrogens with zero attached hydrogens (tertiary/aromatic N) is 1. The van der Waals surface area contributed by atoms with Crippen molar-refractivity contribution in [1.82, 2.24) is 4.90 Å². The van der Waals surface area contributed by atoms with Gasteiger partial charge >= 0.3 is 12.1 Å². The standard InChI is InChI=1S/C21H22ClNO4/c1-12-14-6-5-7-15(16-9-8-13(22)10-17(16)19(24)25)18(14)11-23(12)20(26)27-21(2,3)4/h5-10,12H,11H2,1-4H3,(H,24,25). The topological polar surface area (TPSA) is 66.8 Å². The maximum absolute atomic E-state index is 12.6. The summed E-state index contributed by atoms with van der Waals surface area (Å²) in [4.78, 5) is 26.0. The van der Waals surface area contributed by atoms with E-state index in [-0.39, 0.29) is 17.7 Å². The molecule has 2 aromatic rings. The quantitative estimate of drug-likeness (QED) is 0.737. The van der Waals surface area contributed by atoms with E-state index in [1.54, 1.807) is 17.0 Å². The Balaban J connectivity index is 2.04. The number of benzene rings is 2. The first kappa shape index (κ1) is 19.2. The summed E-state index contributed by atoms with van der Waals surface area (Å²) in [6, 6.07) is 10.4. The van der Waals surface area contributed by atoms with Gasteiger partial charge in [-0.15, -0.1) is 0 Å². The van der Waals surface area contributed by atoms with Crippen LogP contribution < -0.4 is 0 Å². The largest absolute Gasteiger partial charge is 0.478 e. The van der Waals surface area contributed by atoms with Gasteiger partial charge in [0.15, 0.2) is 0 Å². The van der Waals surface area contributed by atoms with E-state index in [1.165, 1.54) is 6.07 Å². The van der Waals surface area contributed by atoms with Gasteiger partial charge in [0, 0.05) is 5.02 Å². The van der Waals surface area contributed by atoms with Crippen LogP contribution in [0.3, 0.4) is 0 Å². The lowest BCUT2D eigenvalue weighted by Crippen LogP contribution is -2.35. The summed E-state index contributed by atoms with van der Waals surface area (Å²) >= 11 is 5.98. The van der Waals surface area contributed by atoms with Gasteiger partial charge < -0.3 is 9.84 Å². The van der Waals surface area contributed by atoms with E-state index in [0.29, 0.717) is 17.1 Å². The number of carbonyl (C=O) groups is 2. The maximum Gasteiger partial charge on any atom is 0.411 e. The molecule has 1 aliphatic heterocycles. The summed E-state index contributed by atoms with van der Waals surface area (Å²) in [5, 5.41) is 9.94. The molecule has 1 aliphatic rings. The first-order valence-electron chi connectivity index (χ1n) is 8.73. The van der Waals surface area contributed by atoms with Crippen molar-refractivity contribution in [3.63, 3.8) is 0 Å². The fourth-order valence-corrected chi connectivity index (χ4v) is 3.54. The van der Waals surface area contributed by atoms with Crippen LogP contribution in [0.1, 0.15) is 55.2 Å². The molecule has 0 fully saturated rings. The van der Waals surface area contributed by atoms with E-state index in [4.69, 9.17) is 16.3 Å². The number of hydrogen-bond donors (Lipinski definition) is 1. The van der Waals surface area contributed by atoms with Gasteiger partial charge in [-0.1, -0.05) is 35.9 Å². The van der Waals surface area contributed by atoms with Gasteiger partial charge in [0.05, 0.1) is 18.2 Å². The molecule has 3 rings (SSSR count). The van der Waals surface area contributed by atoms with Crippen LogP contribution in [-0.4, -0.2) is 27.7 Å². The fraction of sp³-hybridized carbons (Fsp3) is 0.333. The summed E-state index contributed by atoms with van der Waals surface area (Å²) < 4.78 is 5.52. The SMILES string of the molecule is CC1c2cccc(-c3ccc(Cl)cc3C(=O)O)c2CN1C(=O)OC(C)(C)C. The molecule has 1 N–H and O–H groups in total. The predicted molar refractivity (Wildman–Crippen MR) is 104 cm³/mol. The van der Waals surface area contributed by atoms with Crippen molar-refractivity contribution in [3.05, 3.63) is 58.1 Å². The van der Waals surface area contributed by atoms with E-state index >= 15 is 0 Å². The number of carbonyl (C=O) groups excluding carboxylic acids is 1. The molecule has 0 aromatic heterocycles. The molecule has 0 aliphatic carbocycles. The van der Waals surface area contributed by atoms with Crippen molar-refractivity contribution in [2.24, 2.45) is 0 Å². The van der Waals surface area contributed by atoms with Gasteiger partial charge in [-0.05, 0) is 62.1 Å². The summed E-state index contributed by atoms with van der Waals surface area (Å²) in [7, 11) is 0. The molecule has 0 radical (unpaired) electrons. The Morgan fingerprint density at radius 1 is 1.19 bits per heavy atom. The van der Waals surface area contributed by atoms with Crippen LogP contribution in [0.15, 0.2) is 36.4 Å². The van der Waals surface area contributed by atoms with Crippen LogP contribution in [0.5, 0.6) is 0 Å². The highest BCUT2D eigenvalue weighted by atomic mass is 35.5. The third-order valence-electron chi connectivity index (χ3n) is 4.59. The third kappa shape index (κ3) is 3.78. The first-order chi connectivity index (χ1) is 12.6. The van der Waals surface area contributed by atoms with E-state index in [9.17, 15) is 14.7 Å². The minimum Gasteiger partial charge on any atom is -0.478 e. The summed E-state index contributed by atoms with van der Waals surface area (Å²) in [6.45, 7) is 7.80. The summed E-state index contributed by atoms with van der Waals surface area (Å²) in [6.07, 6.45) is -0.383. The second kappa shape index (κ2) is 6.89. The van der Waals surface area contributed by atoms with Gasteiger partial charge in [0.25, 0.3) is 0 Å². The zero-order chi connectivity index (χ0) is 19.9. The van der Waals surface area contributed by atoms with E-state index < -0.39 is 11.6 Å². The lowest BCUT2D eigenvalue weighted by Gasteiger charge is -2.27. The van der Waals surface area contributed by atoms with Crippen molar-refractivity contribution in [2.45, 2.75) is 45.9 Å². The number of carboxylic acids is 1. The maximum atomic E-state index is 12.6. The average Bonchev–Trinajstić information content (AvgIpc) is 2.91. The molecule has 0 bridgehead atoms. The molecule has 27 heavy (non-hydrogen) atoms. The van der Waals surface area contributed by atoms with Crippen LogP contribution >= 0.6 is 11.6 Å². The number of aromatic carboxylic acids is 1. The molecule has 5 nitrogen and oxygen atoms in total. The van der Waals surface area contributed by atoms with Gasteiger partial charge in [-0.3, -0.25) is 4.90 Å². The number of rotatable bonds is 2. The van der Waals surface area contributed by atoms with Crippen molar-refractivity contribution < 1.29 is 19.4 Å². The predicted octanol–water partition coefficient (Wildman–Crippen LogP) is 5.52. The number of ether oxygens (including phenoxy) is 1. The van der Waals surface area contributed by atoms with Crippen LogP contribution in [0, 0.1) is 0 Å². The molecule has 1 unspecified atom stereocenters. The highest BCUT2D eigenvalue weighted by Crippen LogP contribution is 2.41. The molecule has 6 heteroatoms. The normalized spacial score (nSPS) is 16.2. The molecular formula is C21H22ClNO4. The smallest absolute Gasteiger partial charge is 0.411 e. The number of halogens is 1. The van der Waals surface area contributed by atoms with Crippen LogP contribution in [-0.2, 0) is 11.3 Å². The monoisotopic (exact) mass is 387 g/mol. The molecule has 1 atom stereocenters. The lowest BCUT2D eigenvalue weighted by molar-refractivity contribution is 0.0187. The molecule has 142 valence electrons. The van der Waals surface area contributed by atoms with Crippen molar-refractivity contribution in [3.8, 4) is 11.1 Å². The molecule has 1 amide bonds. The Bertz CT molecular complexity index is 917. The van der Waals surface area contributed by atoms with Crippen molar-refractivity contribution in [2.75, 3.05) is 0 Å². The Kier molecular flexibility index (Phi) is 4.91. The number of hydrogen-bond acceptors (Lipinski definition) is 3. The molecule has 1 heterocycles. The Morgan fingerprint density at radius 3 is 2.52 bits per heavy atom. The second-order valence-corrected chi connectivity index (χ2v) is 8.09.